The summed E-state index contributed by atoms with van der Waals surface area (Å²) in [5.41, 5.74) is 2.31. The van der Waals surface area contributed by atoms with Crippen molar-refractivity contribution in [1.29, 1.82) is 0 Å². The van der Waals surface area contributed by atoms with Crippen molar-refractivity contribution in [3.63, 3.8) is 0 Å². The number of carbonyl (C=O) groups is 1. The van der Waals surface area contributed by atoms with Gasteiger partial charge >= 0.3 is 5.97 Å². The lowest BCUT2D eigenvalue weighted by Gasteiger charge is -2.18. The number of benzene rings is 2. The van der Waals surface area contributed by atoms with Gasteiger partial charge in [-0.05, 0) is 34.4 Å². The molecule has 0 aliphatic rings. The SMILES string of the molecule is CCc1ccc2cc(C(Cn3ccnc3)OC(C)=O)ccc2c1. The normalized spacial score (nSPS) is 12.3. The van der Waals surface area contributed by atoms with Gasteiger partial charge in [0.2, 0.25) is 0 Å². The Morgan fingerprint density at radius 2 is 2.00 bits per heavy atom. The first-order chi connectivity index (χ1) is 11.2. The zero-order chi connectivity index (χ0) is 16.2. The molecule has 1 heterocycles. The highest BCUT2D eigenvalue weighted by atomic mass is 16.5. The van der Waals surface area contributed by atoms with Gasteiger partial charge in [-0.2, -0.15) is 0 Å². The van der Waals surface area contributed by atoms with Gasteiger partial charge in [0.25, 0.3) is 0 Å². The summed E-state index contributed by atoms with van der Waals surface area (Å²) in [7, 11) is 0. The van der Waals surface area contributed by atoms with Crippen LogP contribution in [0.2, 0.25) is 0 Å². The van der Waals surface area contributed by atoms with E-state index in [-0.39, 0.29) is 12.1 Å². The molecule has 118 valence electrons. The summed E-state index contributed by atoms with van der Waals surface area (Å²) in [6.45, 7) is 4.14. The first-order valence-electron chi connectivity index (χ1n) is 7.81. The minimum Gasteiger partial charge on any atom is -0.456 e. The third kappa shape index (κ3) is 3.59. The van der Waals surface area contributed by atoms with Gasteiger partial charge in [0.05, 0.1) is 12.9 Å². The van der Waals surface area contributed by atoms with Crippen molar-refractivity contribution in [3.05, 3.63) is 66.2 Å². The van der Waals surface area contributed by atoms with Crippen LogP contribution >= 0.6 is 0 Å². The largest absolute Gasteiger partial charge is 0.456 e. The van der Waals surface area contributed by atoms with Gasteiger partial charge in [-0.15, -0.1) is 0 Å². The summed E-state index contributed by atoms with van der Waals surface area (Å²) in [6.07, 6.45) is 6.01. The molecule has 4 heteroatoms. The van der Waals surface area contributed by atoms with Crippen molar-refractivity contribution in [3.8, 4) is 0 Å². The van der Waals surface area contributed by atoms with Crippen LogP contribution in [0.15, 0.2) is 55.1 Å². The smallest absolute Gasteiger partial charge is 0.303 e. The van der Waals surface area contributed by atoms with Gasteiger partial charge in [-0.25, -0.2) is 4.98 Å². The maximum absolute atomic E-state index is 11.5. The number of fused-ring (bicyclic) bond motifs is 1. The molecular weight excluding hydrogens is 288 g/mol. The average molecular weight is 308 g/mol. The maximum Gasteiger partial charge on any atom is 0.303 e. The number of carbonyl (C=O) groups excluding carboxylic acids is 1. The molecule has 1 aromatic heterocycles. The molecule has 0 aliphatic carbocycles. The minimum atomic E-state index is -0.322. The third-order valence-corrected chi connectivity index (χ3v) is 3.95. The van der Waals surface area contributed by atoms with Crippen LogP contribution < -0.4 is 0 Å². The van der Waals surface area contributed by atoms with E-state index in [1.54, 1.807) is 12.5 Å². The molecule has 0 N–H and O–H groups in total. The van der Waals surface area contributed by atoms with Crippen LogP contribution in [0.3, 0.4) is 0 Å². The molecule has 1 unspecified atom stereocenters. The highest BCUT2D eigenvalue weighted by molar-refractivity contribution is 5.84. The summed E-state index contributed by atoms with van der Waals surface area (Å²) < 4.78 is 7.43. The van der Waals surface area contributed by atoms with Gasteiger partial charge in [0.1, 0.15) is 6.10 Å². The van der Waals surface area contributed by atoms with Crippen LogP contribution in [0.1, 0.15) is 31.1 Å². The van der Waals surface area contributed by atoms with E-state index < -0.39 is 0 Å². The van der Waals surface area contributed by atoms with E-state index in [1.165, 1.54) is 17.9 Å². The molecule has 1 atom stereocenters. The van der Waals surface area contributed by atoms with Crippen molar-refractivity contribution >= 4 is 16.7 Å². The lowest BCUT2D eigenvalue weighted by Crippen LogP contribution is -2.14. The molecule has 0 saturated carbocycles. The summed E-state index contributed by atoms with van der Waals surface area (Å²) in [6, 6.07) is 12.7. The van der Waals surface area contributed by atoms with Crippen molar-refractivity contribution in [2.75, 3.05) is 0 Å². The maximum atomic E-state index is 11.5. The van der Waals surface area contributed by atoms with Gasteiger partial charge in [0.15, 0.2) is 0 Å². The first-order valence-corrected chi connectivity index (χ1v) is 7.81. The number of esters is 1. The topological polar surface area (TPSA) is 44.1 Å². The van der Waals surface area contributed by atoms with Crippen molar-refractivity contribution < 1.29 is 9.53 Å². The number of hydrogen-bond donors (Lipinski definition) is 0. The van der Waals surface area contributed by atoms with E-state index in [0.717, 1.165) is 17.4 Å². The Morgan fingerprint density at radius 3 is 2.70 bits per heavy atom. The Balaban J connectivity index is 1.94. The standard InChI is InChI=1S/C19H20N2O2/c1-3-15-4-5-17-11-18(7-6-16(17)10-15)19(23-14(2)22)12-21-9-8-20-13-21/h4-11,13,19H,3,12H2,1-2H3. The third-order valence-electron chi connectivity index (χ3n) is 3.95. The molecule has 0 amide bonds. The lowest BCUT2D eigenvalue weighted by atomic mass is 10.0. The molecule has 0 fully saturated rings. The second-order valence-corrected chi connectivity index (χ2v) is 5.65. The predicted octanol–water partition coefficient (Wildman–Crippen LogP) is 3.90. The summed E-state index contributed by atoms with van der Waals surface area (Å²) >= 11 is 0. The summed E-state index contributed by atoms with van der Waals surface area (Å²) in [5, 5.41) is 2.36. The molecule has 3 aromatic rings. The van der Waals surface area contributed by atoms with Crippen molar-refractivity contribution in [2.45, 2.75) is 32.9 Å². The number of rotatable bonds is 5. The van der Waals surface area contributed by atoms with E-state index in [4.69, 9.17) is 4.74 Å². The summed E-state index contributed by atoms with van der Waals surface area (Å²) in [5.74, 6) is -0.281. The quantitative estimate of drug-likeness (QED) is 0.671. The average Bonchev–Trinajstić information content (AvgIpc) is 3.06. The van der Waals surface area contributed by atoms with Gasteiger partial charge in [0, 0.05) is 19.3 Å². The second-order valence-electron chi connectivity index (χ2n) is 5.65. The molecule has 4 nitrogen and oxygen atoms in total. The molecule has 23 heavy (non-hydrogen) atoms. The fourth-order valence-electron chi connectivity index (χ4n) is 2.73. The van der Waals surface area contributed by atoms with E-state index in [2.05, 4.69) is 42.2 Å². The van der Waals surface area contributed by atoms with Crippen LogP contribution in [0.5, 0.6) is 0 Å². The molecule has 0 saturated heterocycles. The van der Waals surface area contributed by atoms with E-state index in [9.17, 15) is 4.79 Å². The summed E-state index contributed by atoms with van der Waals surface area (Å²) in [4.78, 5) is 15.5. The fraction of sp³-hybridized carbons (Fsp3) is 0.263. The predicted molar refractivity (Wildman–Crippen MR) is 90.1 cm³/mol. The van der Waals surface area contributed by atoms with Gasteiger partial charge in [-0.3, -0.25) is 4.79 Å². The van der Waals surface area contributed by atoms with Crippen LogP contribution in [-0.2, 0) is 22.5 Å². The Labute approximate surface area is 135 Å². The van der Waals surface area contributed by atoms with E-state index >= 15 is 0 Å². The van der Waals surface area contributed by atoms with Crippen LogP contribution in [-0.4, -0.2) is 15.5 Å². The Hall–Kier alpha value is -2.62. The Morgan fingerprint density at radius 1 is 1.22 bits per heavy atom. The van der Waals surface area contributed by atoms with Crippen LogP contribution in [0.25, 0.3) is 10.8 Å². The second kappa shape index (κ2) is 6.65. The fourth-order valence-corrected chi connectivity index (χ4v) is 2.73. The number of aryl methyl sites for hydroxylation is 1. The monoisotopic (exact) mass is 308 g/mol. The number of ether oxygens (including phenoxy) is 1. The zero-order valence-corrected chi connectivity index (χ0v) is 13.4. The molecular formula is C19H20N2O2. The number of aromatic nitrogens is 2. The van der Waals surface area contributed by atoms with E-state index in [1.807, 2.05) is 16.8 Å². The van der Waals surface area contributed by atoms with Crippen molar-refractivity contribution in [1.82, 2.24) is 9.55 Å². The first kappa shape index (κ1) is 15.3. The number of hydrogen-bond acceptors (Lipinski definition) is 3. The zero-order valence-electron chi connectivity index (χ0n) is 13.4. The van der Waals surface area contributed by atoms with Crippen LogP contribution in [0, 0.1) is 0 Å². The van der Waals surface area contributed by atoms with Crippen molar-refractivity contribution in [2.24, 2.45) is 0 Å². The molecule has 2 aromatic carbocycles. The number of nitrogens with zero attached hydrogens (tertiary/aromatic N) is 2. The van der Waals surface area contributed by atoms with Crippen LogP contribution in [0.4, 0.5) is 0 Å². The molecule has 0 radical (unpaired) electrons. The molecule has 0 spiro atoms. The highest BCUT2D eigenvalue weighted by Gasteiger charge is 2.16. The highest BCUT2D eigenvalue weighted by Crippen LogP contribution is 2.25. The minimum absolute atomic E-state index is 0.281. The molecule has 0 aliphatic heterocycles. The van der Waals surface area contributed by atoms with E-state index in [0.29, 0.717) is 6.54 Å². The van der Waals surface area contributed by atoms with Gasteiger partial charge < -0.3 is 9.30 Å². The number of imidazole rings is 1. The molecule has 3 rings (SSSR count). The lowest BCUT2D eigenvalue weighted by molar-refractivity contribution is -0.147. The molecule has 0 bridgehead atoms. The Kier molecular flexibility index (Phi) is 4.42. The Bertz CT molecular complexity index is 809. The van der Waals surface area contributed by atoms with Gasteiger partial charge in [-0.1, -0.05) is 37.3 Å².